The van der Waals surface area contributed by atoms with Gasteiger partial charge in [-0.05, 0) is 42.3 Å². The topological polar surface area (TPSA) is 67.9 Å². The molecule has 0 saturated heterocycles. The molecule has 7 heteroatoms. The lowest BCUT2D eigenvalue weighted by atomic mass is 10.1. The molecule has 0 saturated carbocycles. The lowest BCUT2D eigenvalue weighted by Crippen LogP contribution is -2.43. The van der Waals surface area contributed by atoms with E-state index >= 15 is 0 Å². The number of hydrogen-bond donors (Lipinski definition) is 1. The summed E-state index contributed by atoms with van der Waals surface area (Å²) in [6.07, 6.45) is 0.709. The van der Waals surface area contributed by atoms with Crippen LogP contribution < -0.4 is 19.7 Å². The number of rotatable bonds is 6. The van der Waals surface area contributed by atoms with E-state index in [9.17, 15) is 9.59 Å². The van der Waals surface area contributed by atoms with Crippen LogP contribution in [0, 0.1) is 0 Å². The predicted molar refractivity (Wildman–Crippen MR) is 99.0 cm³/mol. The molecule has 0 radical (unpaired) electrons. The van der Waals surface area contributed by atoms with Gasteiger partial charge in [-0.3, -0.25) is 4.79 Å². The highest BCUT2D eigenvalue weighted by molar-refractivity contribution is 6.31. The second kappa shape index (κ2) is 8.10. The van der Waals surface area contributed by atoms with Crippen molar-refractivity contribution in [1.29, 1.82) is 0 Å². The zero-order valence-electron chi connectivity index (χ0n) is 14.3. The zero-order valence-corrected chi connectivity index (χ0v) is 15.1. The summed E-state index contributed by atoms with van der Waals surface area (Å²) >= 11 is 6.01. The van der Waals surface area contributed by atoms with Crippen molar-refractivity contribution >= 4 is 29.2 Å². The number of anilines is 1. The number of nitrogens with one attached hydrogen (secondary N) is 1. The van der Waals surface area contributed by atoms with E-state index in [1.54, 1.807) is 30.2 Å². The minimum Gasteiger partial charge on any atom is -0.497 e. The van der Waals surface area contributed by atoms with Crippen LogP contribution >= 0.6 is 11.6 Å². The monoisotopic (exact) mass is 374 g/mol. The molecule has 3 rings (SSSR count). The molecular formula is C19H19ClN2O4. The van der Waals surface area contributed by atoms with Gasteiger partial charge in [-0.15, -0.1) is 0 Å². The van der Waals surface area contributed by atoms with E-state index in [-0.39, 0.29) is 19.0 Å². The van der Waals surface area contributed by atoms with Gasteiger partial charge < -0.3 is 19.7 Å². The van der Waals surface area contributed by atoms with E-state index in [1.807, 2.05) is 24.3 Å². The Labute approximate surface area is 156 Å². The minimum absolute atomic E-state index is 0.0131. The molecule has 1 aliphatic heterocycles. The zero-order chi connectivity index (χ0) is 18.5. The molecular weight excluding hydrogens is 356 g/mol. The van der Waals surface area contributed by atoms with Gasteiger partial charge in [-0.1, -0.05) is 23.7 Å². The van der Waals surface area contributed by atoms with Crippen molar-refractivity contribution in [3.8, 4) is 11.5 Å². The fraction of sp³-hybridized carbons (Fsp3) is 0.263. The normalized spacial score (nSPS) is 13.0. The fourth-order valence-corrected chi connectivity index (χ4v) is 2.90. The number of halogens is 1. The molecule has 0 aliphatic carbocycles. The lowest BCUT2D eigenvalue weighted by Gasteiger charge is -2.29. The molecule has 26 heavy (non-hydrogen) atoms. The maximum Gasteiger partial charge on any atom is 0.331 e. The van der Waals surface area contributed by atoms with E-state index < -0.39 is 5.97 Å². The van der Waals surface area contributed by atoms with E-state index in [0.29, 0.717) is 29.4 Å². The fourth-order valence-electron chi connectivity index (χ4n) is 2.73. The summed E-state index contributed by atoms with van der Waals surface area (Å²) < 4.78 is 10.3. The quantitative estimate of drug-likeness (QED) is 0.621. The van der Waals surface area contributed by atoms with Crippen molar-refractivity contribution in [2.45, 2.75) is 6.42 Å². The Bertz CT molecular complexity index is 808. The highest BCUT2D eigenvalue weighted by atomic mass is 35.5. The molecule has 0 aromatic heterocycles. The van der Waals surface area contributed by atoms with E-state index in [0.717, 1.165) is 11.3 Å². The Balaban J connectivity index is 1.55. The largest absolute Gasteiger partial charge is 0.497 e. The number of ether oxygens (including phenoxy) is 2. The maximum absolute atomic E-state index is 12.2. The Morgan fingerprint density at radius 2 is 2.04 bits per heavy atom. The maximum atomic E-state index is 12.2. The molecule has 1 amide bonds. The molecule has 0 fully saturated rings. The predicted octanol–water partition coefficient (Wildman–Crippen LogP) is 2.43. The van der Waals surface area contributed by atoms with Crippen LogP contribution in [0.2, 0.25) is 5.02 Å². The molecule has 0 unspecified atom stereocenters. The van der Waals surface area contributed by atoms with Crippen LogP contribution in [0.3, 0.4) is 0 Å². The Morgan fingerprint density at radius 1 is 1.27 bits per heavy atom. The number of hydrogen-bond acceptors (Lipinski definition) is 5. The molecule has 1 aliphatic rings. The molecule has 0 spiro atoms. The van der Waals surface area contributed by atoms with E-state index in [1.165, 1.54) is 0 Å². The molecule has 0 bridgehead atoms. The summed E-state index contributed by atoms with van der Waals surface area (Å²) in [6, 6.07) is 12.7. The SMILES string of the molecule is COc1ccc(CCNC(=O)CN2CC(=O)Oc3ccc(Cl)cc32)cc1. The van der Waals surface area contributed by atoms with Crippen molar-refractivity contribution in [2.75, 3.05) is 31.6 Å². The highest BCUT2D eigenvalue weighted by Crippen LogP contribution is 2.34. The van der Waals surface area contributed by atoms with Gasteiger partial charge in [0.25, 0.3) is 0 Å². The average Bonchev–Trinajstić information content (AvgIpc) is 2.63. The third kappa shape index (κ3) is 4.46. The summed E-state index contributed by atoms with van der Waals surface area (Å²) in [5.74, 6) is 0.647. The van der Waals surface area contributed by atoms with Crippen LogP contribution in [0.5, 0.6) is 11.5 Å². The van der Waals surface area contributed by atoms with Gasteiger partial charge in [0.05, 0.1) is 19.3 Å². The summed E-state index contributed by atoms with van der Waals surface area (Å²) in [7, 11) is 1.62. The van der Waals surface area contributed by atoms with Crippen LogP contribution in [0.25, 0.3) is 0 Å². The second-order valence-corrected chi connectivity index (χ2v) is 6.33. The summed E-state index contributed by atoms with van der Waals surface area (Å²) in [4.78, 5) is 25.6. The molecule has 6 nitrogen and oxygen atoms in total. The van der Waals surface area contributed by atoms with Gasteiger partial charge >= 0.3 is 5.97 Å². The van der Waals surface area contributed by atoms with Gasteiger partial charge in [0, 0.05) is 11.6 Å². The van der Waals surface area contributed by atoms with Crippen LogP contribution in [0.1, 0.15) is 5.56 Å². The first-order chi connectivity index (χ1) is 12.5. The van der Waals surface area contributed by atoms with Gasteiger partial charge in [-0.25, -0.2) is 4.79 Å². The van der Waals surface area contributed by atoms with Gasteiger partial charge in [0.15, 0.2) is 5.75 Å². The number of fused-ring (bicyclic) bond motifs is 1. The molecule has 136 valence electrons. The second-order valence-electron chi connectivity index (χ2n) is 5.89. The number of carbonyl (C=O) groups is 2. The standard InChI is InChI=1S/C19H19ClN2O4/c1-25-15-5-2-13(3-6-15)8-9-21-18(23)11-22-12-19(24)26-17-7-4-14(20)10-16(17)22/h2-7,10H,8-9,11-12H2,1H3,(H,21,23). The smallest absolute Gasteiger partial charge is 0.331 e. The van der Waals surface area contributed by atoms with Crippen LogP contribution in [-0.2, 0) is 16.0 Å². The molecule has 1 heterocycles. The van der Waals surface area contributed by atoms with Crippen molar-refractivity contribution in [3.63, 3.8) is 0 Å². The minimum atomic E-state index is -0.397. The number of benzene rings is 2. The van der Waals surface area contributed by atoms with Gasteiger partial charge in [-0.2, -0.15) is 0 Å². The van der Waals surface area contributed by atoms with Crippen molar-refractivity contribution < 1.29 is 19.1 Å². The van der Waals surface area contributed by atoms with E-state index in [2.05, 4.69) is 5.32 Å². The number of carbonyl (C=O) groups excluding carboxylic acids is 2. The van der Waals surface area contributed by atoms with E-state index in [4.69, 9.17) is 21.1 Å². The van der Waals surface area contributed by atoms with Crippen molar-refractivity contribution in [2.24, 2.45) is 0 Å². The van der Waals surface area contributed by atoms with Crippen molar-refractivity contribution in [1.82, 2.24) is 5.32 Å². The van der Waals surface area contributed by atoms with Crippen molar-refractivity contribution in [3.05, 3.63) is 53.1 Å². The Hall–Kier alpha value is -2.73. The summed E-state index contributed by atoms with van der Waals surface area (Å²) in [6.45, 7) is 0.580. The summed E-state index contributed by atoms with van der Waals surface area (Å²) in [5.41, 5.74) is 1.74. The summed E-state index contributed by atoms with van der Waals surface area (Å²) in [5, 5.41) is 3.39. The van der Waals surface area contributed by atoms with Crippen LogP contribution in [0.4, 0.5) is 5.69 Å². The molecule has 0 atom stereocenters. The highest BCUT2D eigenvalue weighted by Gasteiger charge is 2.25. The Kier molecular flexibility index (Phi) is 5.63. The average molecular weight is 375 g/mol. The number of methoxy groups -OCH3 is 1. The first-order valence-electron chi connectivity index (χ1n) is 8.20. The van der Waals surface area contributed by atoms with Gasteiger partial charge in [0.2, 0.25) is 5.91 Å². The molecule has 1 N–H and O–H groups in total. The van der Waals surface area contributed by atoms with Crippen LogP contribution in [0.15, 0.2) is 42.5 Å². The third-order valence-corrected chi connectivity index (χ3v) is 4.27. The Morgan fingerprint density at radius 3 is 2.77 bits per heavy atom. The van der Waals surface area contributed by atoms with Gasteiger partial charge in [0.1, 0.15) is 12.3 Å². The number of esters is 1. The number of amides is 1. The molecule has 2 aromatic rings. The first-order valence-corrected chi connectivity index (χ1v) is 8.58. The lowest BCUT2D eigenvalue weighted by molar-refractivity contribution is -0.133. The number of nitrogens with zero attached hydrogens (tertiary/aromatic N) is 1. The van der Waals surface area contributed by atoms with Crippen LogP contribution in [-0.4, -0.2) is 38.6 Å². The molecule has 2 aromatic carbocycles. The first kappa shape index (κ1) is 18.1. The third-order valence-electron chi connectivity index (χ3n) is 4.03.